The normalized spacial score (nSPS) is 12.6. The van der Waals surface area contributed by atoms with Gasteiger partial charge in [-0.05, 0) is 26.7 Å². The van der Waals surface area contributed by atoms with E-state index in [2.05, 4.69) is 4.42 Å². The van der Waals surface area contributed by atoms with Crippen molar-refractivity contribution in [3.8, 4) is 0 Å². The van der Waals surface area contributed by atoms with E-state index < -0.39 is 23.7 Å². The van der Waals surface area contributed by atoms with Gasteiger partial charge in [0.2, 0.25) is 0 Å². The average Bonchev–Trinajstić information content (AvgIpc) is 3.00. The van der Waals surface area contributed by atoms with Crippen molar-refractivity contribution in [3.05, 3.63) is 33.7 Å². The lowest BCUT2D eigenvalue weighted by molar-refractivity contribution is -0.151. The Kier molecular flexibility index (Phi) is 9.55. The fourth-order valence-electron chi connectivity index (χ4n) is 2.15. The predicted octanol–water partition coefficient (Wildman–Crippen LogP) is 1.98. The van der Waals surface area contributed by atoms with Crippen molar-refractivity contribution in [1.29, 1.82) is 0 Å². The van der Waals surface area contributed by atoms with Crippen LogP contribution in [0.3, 0.4) is 0 Å². The molecule has 156 valence electrons. The minimum atomic E-state index is -0.868. The lowest BCUT2D eigenvalue weighted by Crippen LogP contribution is -2.20. The molecule has 0 saturated heterocycles. The second-order valence-corrected chi connectivity index (χ2v) is 5.74. The number of methoxy groups -OCH3 is 1. The quantitative estimate of drug-likeness (QED) is 0.222. The molecule has 0 amide bonds. The summed E-state index contributed by atoms with van der Waals surface area (Å²) < 4.78 is 29.2. The van der Waals surface area contributed by atoms with E-state index in [0.717, 1.165) is 0 Å². The molecule has 0 aromatic carbocycles. The molecule has 1 aromatic rings. The highest BCUT2D eigenvalue weighted by Crippen LogP contribution is 2.16. The number of aryl methyl sites for hydroxylation is 1. The Balaban J connectivity index is 2.48. The first-order valence-electron chi connectivity index (χ1n) is 8.58. The molecule has 0 saturated carbocycles. The molecule has 0 spiro atoms. The van der Waals surface area contributed by atoms with Gasteiger partial charge in [0.15, 0.2) is 30.5 Å². The first-order valence-corrected chi connectivity index (χ1v) is 8.58. The maximum atomic E-state index is 12.2. The summed E-state index contributed by atoms with van der Waals surface area (Å²) in [5.74, 6) is -1.75. The molecular formula is C18H24O10. The van der Waals surface area contributed by atoms with Crippen LogP contribution in [-0.4, -0.2) is 32.1 Å². The summed E-state index contributed by atoms with van der Waals surface area (Å²) in [7, 11) is 1.39. The molecule has 0 aliphatic heterocycles. The van der Waals surface area contributed by atoms with E-state index in [0.29, 0.717) is 12.2 Å². The van der Waals surface area contributed by atoms with Crippen LogP contribution in [-0.2, 0) is 39.9 Å². The molecule has 0 aliphatic carbocycles. The fraction of sp³-hybridized carbons (Fsp3) is 0.556. The Morgan fingerprint density at radius 2 is 1.93 bits per heavy atom. The third-order valence-electron chi connectivity index (χ3n) is 3.96. The summed E-state index contributed by atoms with van der Waals surface area (Å²) in [6.45, 7) is 4.56. The van der Waals surface area contributed by atoms with Gasteiger partial charge < -0.3 is 27.8 Å². The van der Waals surface area contributed by atoms with Crippen LogP contribution < -0.4 is 5.82 Å². The molecule has 0 aliphatic rings. The number of carbonyl (C=O) groups excluding carboxylic acids is 3. The van der Waals surface area contributed by atoms with Crippen molar-refractivity contribution in [2.75, 3.05) is 13.7 Å². The highest BCUT2D eigenvalue weighted by atomic mass is 16.6. The Bertz CT molecular complexity index is 755. The largest absolute Gasteiger partial charge is 0.519 e. The van der Waals surface area contributed by atoms with Crippen molar-refractivity contribution in [2.45, 2.75) is 46.6 Å². The molecule has 28 heavy (non-hydrogen) atoms. The van der Waals surface area contributed by atoms with Crippen molar-refractivity contribution < 1.29 is 42.2 Å². The van der Waals surface area contributed by atoms with E-state index in [1.54, 1.807) is 13.8 Å². The summed E-state index contributed by atoms with van der Waals surface area (Å²) in [5.41, 5.74) is 0. The van der Waals surface area contributed by atoms with Gasteiger partial charge in [0.05, 0.1) is 13.0 Å². The molecule has 1 aromatic heterocycles. The number of hydrogen-bond donors (Lipinski definition) is 0. The molecule has 1 unspecified atom stereocenters. The standard InChI is InChI=1S/C18H24O10/c1-5-13(17(21)25-8-14(26-10-19)11(2)23-4)6-7-16(20)24-9-15-12(3)27-18(22)28-15/h10,13H,5-9H2,1-4H3/b14-11-. The number of rotatable bonds is 12. The van der Waals surface area contributed by atoms with Crippen molar-refractivity contribution in [3.63, 3.8) is 0 Å². The van der Waals surface area contributed by atoms with Gasteiger partial charge in [0.1, 0.15) is 5.76 Å². The van der Waals surface area contributed by atoms with Crippen LogP contribution in [0.2, 0.25) is 0 Å². The third-order valence-corrected chi connectivity index (χ3v) is 3.96. The lowest BCUT2D eigenvalue weighted by atomic mass is 10.0. The molecule has 1 heterocycles. The van der Waals surface area contributed by atoms with E-state index >= 15 is 0 Å². The molecule has 10 nitrogen and oxygen atoms in total. The van der Waals surface area contributed by atoms with Gasteiger partial charge in [0.25, 0.3) is 6.47 Å². The van der Waals surface area contributed by atoms with Gasteiger partial charge in [0, 0.05) is 6.42 Å². The number of ether oxygens (including phenoxy) is 4. The van der Waals surface area contributed by atoms with Crippen LogP contribution in [0.5, 0.6) is 0 Å². The Labute approximate surface area is 161 Å². The van der Waals surface area contributed by atoms with Crippen LogP contribution >= 0.6 is 0 Å². The summed E-state index contributed by atoms with van der Waals surface area (Å²) in [5, 5.41) is 0. The first kappa shape index (κ1) is 23.0. The topological polar surface area (TPSA) is 131 Å². The van der Waals surface area contributed by atoms with Gasteiger partial charge in [-0.1, -0.05) is 6.92 Å². The Morgan fingerprint density at radius 1 is 1.21 bits per heavy atom. The number of hydrogen-bond acceptors (Lipinski definition) is 10. The minimum Gasteiger partial charge on any atom is -0.498 e. The highest BCUT2D eigenvalue weighted by Gasteiger charge is 2.21. The molecule has 0 N–H and O–H groups in total. The van der Waals surface area contributed by atoms with Gasteiger partial charge in [-0.3, -0.25) is 14.4 Å². The van der Waals surface area contributed by atoms with Crippen molar-refractivity contribution in [2.24, 2.45) is 5.92 Å². The minimum absolute atomic E-state index is 0.0284. The van der Waals surface area contributed by atoms with Crippen molar-refractivity contribution in [1.82, 2.24) is 0 Å². The van der Waals surface area contributed by atoms with E-state index in [-0.39, 0.29) is 49.8 Å². The van der Waals surface area contributed by atoms with Gasteiger partial charge in [-0.15, -0.1) is 0 Å². The summed E-state index contributed by atoms with van der Waals surface area (Å²) >= 11 is 0. The van der Waals surface area contributed by atoms with Gasteiger partial charge in [-0.25, -0.2) is 4.79 Å². The second kappa shape index (κ2) is 11.6. The van der Waals surface area contributed by atoms with Gasteiger partial charge >= 0.3 is 17.8 Å². The highest BCUT2D eigenvalue weighted by molar-refractivity contribution is 5.74. The second-order valence-electron chi connectivity index (χ2n) is 5.74. The zero-order chi connectivity index (χ0) is 21.1. The van der Waals surface area contributed by atoms with Crippen LogP contribution in [0.25, 0.3) is 0 Å². The van der Waals surface area contributed by atoms with Crippen LogP contribution in [0.15, 0.2) is 25.1 Å². The molecular weight excluding hydrogens is 376 g/mol. The SMILES string of the molecule is CCC(CCC(=O)OCc1oc(=O)oc1C)C(=O)OC/C(OC=O)=C(\C)OC. The molecule has 0 radical (unpaired) electrons. The van der Waals surface area contributed by atoms with Crippen LogP contribution in [0.1, 0.15) is 44.6 Å². The maximum absolute atomic E-state index is 12.2. The van der Waals surface area contributed by atoms with E-state index in [1.807, 2.05) is 0 Å². The lowest BCUT2D eigenvalue weighted by Gasteiger charge is -2.15. The Morgan fingerprint density at radius 3 is 2.46 bits per heavy atom. The fourth-order valence-corrected chi connectivity index (χ4v) is 2.15. The average molecular weight is 400 g/mol. The Hall–Kier alpha value is -3.04. The smallest absolute Gasteiger partial charge is 0.498 e. The number of esters is 2. The van der Waals surface area contributed by atoms with E-state index in [1.165, 1.54) is 14.0 Å². The summed E-state index contributed by atoms with van der Waals surface area (Å²) in [6.07, 6.45) is 0.622. The van der Waals surface area contributed by atoms with E-state index in [4.69, 9.17) is 23.4 Å². The van der Waals surface area contributed by atoms with Gasteiger partial charge in [-0.2, -0.15) is 0 Å². The van der Waals surface area contributed by atoms with Crippen LogP contribution in [0, 0.1) is 12.8 Å². The zero-order valence-electron chi connectivity index (χ0n) is 16.3. The summed E-state index contributed by atoms with van der Waals surface area (Å²) in [6, 6.07) is 0. The number of allylic oxidation sites excluding steroid dienone is 1. The molecule has 1 rings (SSSR count). The van der Waals surface area contributed by atoms with E-state index in [9.17, 15) is 19.2 Å². The molecule has 10 heteroatoms. The molecule has 0 fully saturated rings. The predicted molar refractivity (Wildman–Crippen MR) is 92.6 cm³/mol. The molecule has 0 bridgehead atoms. The summed E-state index contributed by atoms with van der Waals surface area (Å²) in [4.78, 5) is 45.5. The maximum Gasteiger partial charge on any atom is 0.519 e. The number of carbonyl (C=O) groups is 3. The monoisotopic (exact) mass is 400 g/mol. The third kappa shape index (κ3) is 7.29. The van der Waals surface area contributed by atoms with Crippen LogP contribution in [0.4, 0.5) is 0 Å². The molecule has 1 atom stereocenters. The zero-order valence-corrected chi connectivity index (χ0v) is 16.3. The first-order chi connectivity index (χ1) is 13.3. The van der Waals surface area contributed by atoms with Crippen molar-refractivity contribution >= 4 is 18.4 Å².